The van der Waals surface area contributed by atoms with Gasteiger partial charge < -0.3 is 9.88 Å². The van der Waals surface area contributed by atoms with Crippen LogP contribution in [0.5, 0.6) is 0 Å². The fraction of sp³-hybridized carbons (Fsp3) is 0.286. The summed E-state index contributed by atoms with van der Waals surface area (Å²) in [5.74, 6) is -0.148. The maximum atomic E-state index is 12.3. The van der Waals surface area contributed by atoms with E-state index < -0.39 is 0 Å². The quantitative estimate of drug-likeness (QED) is 0.936. The first-order valence-electron chi connectivity index (χ1n) is 6.01. The number of amides is 1. The van der Waals surface area contributed by atoms with Gasteiger partial charge in [-0.25, -0.2) is 0 Å². The fourth-order valence-corrected chi connectivity index (χ4v) is 2.80. The van der Waals surface area contributed by atoms with Crippen molar-refractivity contribution < 1.29 is 4.79 Å². The van der Waals surface area contributed by atoms with Crippen molar-refractivity contribution in [2.45, 2.75) is 19.9 Å². The molecule has 1 unspecified atom stereocenters. The molecule has 0 bridgehead atoms. The number of nitrogens with one attached hydrogen (secondary N) is 1. The number of aromatic nitrogens is 1. The molecule has 1 atom stereocenters. The van der Waals surface area contributed by atoms with Gasteiger partial charge in [0.05, 0.1) is 6.04 Å². The van der Waals surface area contributed by atoms with E-state index in [1.165, 1.54) is 17.1 Å². The molecule has 1 amide bonds. The summed E-state index contributed by atoms with van der Waals surface area (Å²) < 4.78 is 0. The Balaban J connectivity index is 2.22. The predicted octanol–water partition coefficient (Wildman–Crippen LogP) is 2.58. The van der Waals surface area contributed by atoms with Crippen LogP contribution in [-0.4, -0.2) is 22.8 Å². The first-order valence-corrected chi connectivity index (χ1v) is 6.83. The molecule has 0 radical (unpaired) electrons. The second-order valence-electron chi connectivity index (χ2n) is 4.48. The smallest absolute Gasteiger partial charge is 0.254 e. The highest BCUT2D eigenvalue weighted by Crippen LogP contribution is 2.27. The summed E-state index contributed by atoms with van der Waals surface area (Å²) in [6, 6.07) is 7.01. The van der Waals surface area contributed by atoms with Crippen LogP contribution in [0.3, 0.4) is 0 Å². The van der Waals surface area contributed by atoms with Gasteiger partial charge in [0.15, 0.2) is 0 Å². The number of thiophene rings is 1. The van der Waals surface area contributed by atoms with E-state index in [1.807, 2.05) is 26.0 Å². The normalized spacial score (nSPS) is 12.2. The van der Waals surface area contributed by atoms with Crippen molar-refractivity contribution in [1.82, 2.24) is 9.88 Å². The standard InChI is InChI=1S/C14H16N2O2S/c1-9-4-5-12(19-9)10(2)16(3)14(18)11-6-7-15-13(17)8-11/h4-8,10H,1-3H3,(H,15,17). The third kappa shape index (κ3) is 2.93. The molecule has 0 aliphatic rings. The highest BCUT2D eigenvalue weighted by atomic mass is 32.1. The molecule has 4 nitrogen and oxygen atoms in total. The minimum Gasteiger partial charge on any atom is -0.334 e. The summed E-state index contributed by atoms with van der Waals surface area (Å²) in [4.78, 5) is 30.0. The van der Waals surface area contributed by atoms with E-state index in [2.05, 4.69) is 4.98 Å². The zero-order chi connectivity index (χ0) is 14.0. The number of hydrogen-bond donors (Lipinski definition) is 1. The van der Waals surface area contributed by atoms with Gasteiger partial charge in [0.25, 0.3) is 5.91 Å². The van der Waals surface area contributed by atoms with Crippen LogP contribution in [0.1, 0.15) is 33.1 Å². The van der Waals surface area contributed by atoms with Crippen LogP contribution >= 0.6 is 11.3 Å². The van der Waals surface area contributed by atoms with E-state index in [-0.39, 0.29) is 17.5 Å². The highest BCUT2D eigenvalue weighted by molar-refractivity contribution is 7.12. The molecule has 0 aliphatic carbocycles. The lowest BCUT2D eigenvalue weighted by atomic mass is 10.2. The molecular weight excluding hydrogens is 260 g/mol. The Morgan fingerprint density at radius 3 is 2.68 bits per heavy atom. The molecule has 0 saturated carbocycles. The van der Waals surface area contributed by atoms with Gasteiger partial charge in [-0.3, -0.25) is 9.59 Å². The van der Waals surface area contributed by atoms with Gasteiger partial charge in [-0.2, -0.15) is 0 Å². The van der Waals surface area contributed by atoms with E-state index >= 15 is 0 Å². The Morgan fingerprint density at radius 1 is 1.37 bits per heavy atom. The Kier molecular flexibility index (Phi) is 3.85. The topological polar surface area (TPSA) is 53.2 Å². The second kappa shape index (κ2) is 5.40. The molecule has 0 aromatic carbocycles. The summed E-state index contributed by atoms with van der Waals surface area (Å²) >= 11 is 1.68. The zero-order valence-electron chi connectivity index (χ0n) is 11.1. The molecule has 5 heteroatoms. The first kappa shape index (κ1) is 13.5. The molecule has 19 heavy (non-hydrogen) atoms. The number of carbonyl (C=O) groups is 1. The summed E-state index contributed by atoms with van der Waals surface area (Å²) in [5, 5.41) is 0. The van der Waals surface area contributed by atoms with Crippen molar-refractivity contribution in [2.75, 3.05) is 7.05 Å². The van der Waals surface area contributed by atoms with Crippen molar-refractivity contribution in [3.8, 4) is 0 Å². The average Bonchev–Trinajstić information content (AvgIpc) is 2.83. The number of aromatic amines is 1. The molecule has 100 valence electrons. The largest absolute Gasteiger partial charge is 0.334 e. The van der Waals surface area contributed by atoms with Gasteiger partial charge in [0, 0.05) is 34.6 Å². The van der Waals surface area contributed by atoms with Gasteiger partial charge in [-0.15, -0.1) is 11.3 Å². The Morgan fingerprint density at radius 2 is 2.11 bits per heavy atom. The van der Waals surface area contributed by atoms with Crippen LogP contribution in [0.2, 0.25) is 0 Å². The van der Waals surface area contributed by atoms with E-state index in [0.717, 1.165) is 4.88 Å². The van der Waals surface area contributed by atoms with Crippen LogP contribution in [0.15, 0.2) is 35.3 Å². The molecular formula is C14H16N2O2S. The number of hydrogen-bond acceptors (Lipinski definition) is 3. The number of pyridine rings is 1. The molecule has 2 rings (SSSR count). The first-order chi connectivity index (χ1) is 8.99. The number of nitrogens with zero attached hydrogens (tertiary/aromatic N) is 1. The van der Waals surface area contributed by atoms with E-state index in [1.54, 1.807) is 29.4 Å². The van der Waals surface area contributed by atoms with Crippen LogP contribution < -0.4 is 5.56 Å². The molecule has 2 aromatic heterocycles. The third-order valence-electron chi connectivity index (χ3n) is 3.10. The molecule has 0 saturated heterocycles. The van der Waals surface area contributed by atoms with Crippen molar-refractivity contribution in [2.24, 2.45) is 0 Å². The van der Waals surface area contributed by atoms with Gasteiger partial charge in [0.2, 0.25) is 5.56 Å². The summed E-state index contributed by atoms with van der Waals surface area (Å²) in [6.07, 6.45) is 1.49. The summed E-state index contributed by atoms with van der Waals surface area (Å²) in [6.45, 7) is 4.02. The zero-order valence-corrected chi connectivity index (χ0v) is 12.0. The minimum absolute atomic E-state index is 0.00881. The molecule has 1 N–H and O–H groups in total. The molecule has 0 aliphatic heterocycles. The van der Waals surface area contributed by atoms with Gasteiger partial charge in [-0.05, 0) is 32.0 Å². The lowest BCUT2D eigenvalue weighted by molar-refractivity contribution is 0.0744. The summed E-state index contributed by atoms with van der Waals surface area (Å²) in [5.41, 5.74) is 0.144. The number of rotatable bonds is 3. The number of carbonyl (C=O) groups excluding carboxylic acids is 1. The molecule has 0 spiro atoms. The van der Waals surface area contributed by atoms with Crippen LogP contribution in [0.25, 0.3) is 0 Å². The Bertz CT molecular complexity index is 645. The van der Waals surface area contributed by atoms with Crippen molar-refractivity contribution in [3.05, 3.63) is 56.1 Å². The predicted molar refractivity (Wildman–Crippen MR) is 76.6 cm³/mol. The van der Waals surface area contributed by atoms with E-state index in [9.17, 15) is 9.59 Å². The van der Waals surface area contributed by atoms with E-state index in [4.69, 9.17) is 0 Å². The van der Waals surface area contributed by atoms with Gasteiger partial charge in [0.1, 0.15) is 0 Å². The minimum atomic E-state index is -0.265. The fourth-order valence-electron chi connectivity index (χ4n) is 1.83. The Labute approximate surface area is 115 Å². The highest BCUT2D eigenvalue weighted by Gasteiger charge is 2.20. The number of aryl methyl sites for hydroxylation is 1. The molecule has 0 fully saturated rings. The van der Waals surface area contributed by atoms with Gasteiger partial charge >= 0.3 is 0 Å². The summed E-state index contributed by atoms with van der Waals surface area (Å²) in [7, 11) is 1.75. The average molecular weight is 276 g/mol. The second-order valence-corrected chi connectivity index (χ2v) is 5.80. The van der Waals surface area contributed by atoms with E-state index in [0.29, 0.717) is 5.56 Å². The SMILES string of the molecule is Cc1ccc(C(C)N(C)C(=O)c2cc[nH]c(=O)c2)s1. The van der Waals surface area contributed by atoms with Crippen molar-refractivity contribution in [3.63, 3.8) is 0 Å². The molecule has 2 heterocycles. The van der Waals surface area contributed by atoms with Crippen molar-refractivity contribution >= 4 is 17.2 Å². The van der Waals surface area contributed by atoms with Crippen LogP contribution in [0.4, 0.5) is 0 Å². The maximum Gasteiger partial charge on any atom is 0.254 e. The van der Waals surface area contributed by atoms with Gasteiger partial charge in [-0.1, -0.05) is 0 Å². The number of H-pyrrole nitrogens is 1. The lowest BCUT2D eigenvalue weighted by Crippen LogP contribution is -2.30. The monoisotopic (exact) mass is 276 g/mol. The van der Waals surface area contributed by atoms with Crippen molar-refractivity contribution in [1.29, 1.82) is 0 Å². The molecule has 2 aromatic rings. The lowest BCUT2D eigenvalue weighted by Gasteiger charge is -2.24. The maximum absolute atomic E-state index is 12.3. The third-order valence-corrected chi connectivity index (χ3v) is 4.27. The Hall–Kier alpha value is -1.88. The van der Waals surface area contributed by atoms with Crippen LogP contribution in [-0.2, 0) is 0 Å². The van der Waals surface area contributed by atoms with Crippen LogP contribution in [0, 0.1) is 6.92 Å².